The number of amides is 2. The molecule has 6 nitrogen and oxygen atoms in total. The van der Waals surface area contributed by atoms with Gasteiger partial charge in [0.15, 0.2) is 0 Å². The number of rotatable bonds is 7. The van der Waals surface area contributed by atoms with E-state index in [0.29, 0.717) is 23.4 Å². The summed E-state index contributed by atoms with van der Waals surface area (Å²) in [5, 5.41) is 2.78. The van der Waals surface area contributed by atoms with Crippen molar-refractivity contribution in [1.29, 1.82) is 0 Å². The molecule has 0 saturated carbocycles. The predicted molar refractivity (Wildman–Crippen MR) is 145 cm³/mol. The van der Waals surface area contributed by atoms with Gasteiger partial charge in [-0.2, -0.15) is 0 Å². The topological polar surface area (TPSA) is 75.7 Å². The van der Waals surface area contributed by atoms with Gasteiger partial charge in [0.25, 0.3) is 11.8 Å². The highest BCUT2D eigenvalue weighted by molar-refractivity contribution is 6.48. The van der Waals surface area contributed by atoms with E-state index in [-0.39, 0.29) is 22.7 Å². The summed E-state index contributed by atoms with van der Waals surface area (Å²) in [5.74, 6) is -0.980. The number of anilines is 1. The van der Waals surface area contributed by atoms with Crippen molar-refractivity contribution in [2.24, 2.45) is 0 Å². The van der Waals surface area contributed by atoms with Gasteiger partial charge in [0, 0.05) is 17.8 Å². The van der Waals surface area contributed by atoms with Gasteiger partial charge in [-0.25, -0.2) is 4.79 Å². The fourth-order valence-electron chi connectivity index (χ4n) is 4.06. The Morgan fingerprint density at radius 2 is 1.62 bits per heavy atom. The number of esters is 1. The summed E-state index contributed by atoms with van der Waals surface area (Å²) in [4.78, 5) is 39.5. The first-order valence-electron chi connectivity index (χ1n) is 12.0. The summed E-state index contributed by atoms with van der Waals surface area (Å²) >= 11 is 6.22. The van der Waals surface area contributed by atoms with Crippen LogP contribution < -0.4 is 10.1 Å². The van der Waals surface area contributed by atoms with Crippen molar-refractivity contribution in [2.45, 2.75) is 39.5 Å². The number of carbonyl (C=O) groups is 3. The van der Waals surface area contributed by atoms with E-state index in [1.165, 1.54) is 0 Å². The smallest absolute Gasteiger partial charge is 0.343 e. The molecule has 37 heavy (non-hydrogen) atoms. The van der Waals surface area contributed by atoms with E-state index in [4.69, 9.17) is 16.3 Å². The molecule has 0 spiro atoms. The zero-order valence-electron chi connectivity index (χ0n) is 21.3. The molecule has 0 aliphatic carbocycles. The van der Waals surface area contributed by atoms with Gasteiger partial charge in [-0.3, -0.25) is 14.5 Å². The third kappa shape index (κ3) is 5.92. The molecule has 0 bridgehead atoms. The number of ether oxygens (including phenoxy) is 1. The summed E-state index contributed by atoms with van der Waals surface area (Å²) in [6.45, 7) is 8.43. The molecule has 3 aromatic carbocycles. The van der Waals surface area contributed by atoms with E-state index in [1.54, 1.807) is 24.3 Å². The van der Waals surface area contributed by atoms with Crippen LogP contribution in [0.2, 0.25) is 0 Å². The molecule has 0 aromatic heterocycles. The zero-order valence-corrected chi connectivity index (χ0v) is 22.1. The average molecular weight is 517 g/mol. The molecule has 2 amide bonds. The Morgan fingerprint density at radius 1 is 0.946 bits per heavy atom. The Kier molecular flexibility index (Phi) is 7.50. The maximum absolute atomic E-state index is 12.9. The molecule has 0 fully saturated rings. The number of halogens is 1. The Labute approximate surface area is 221 Å². The molecule has 1 aliphatic rings. The van der Waals surface area contributed by atoms with Gasteiger partial charge in [-0.15, -0.1) is 0 Å². The van der Waals surface area contributed by atoms with Gasteiger partial charge in [0.2, 0.25) is 0 Å². The van der Waals surface area contributed by atoms with Crippen LogP contribution in [0.4, 0.5) is 5.69 Å². The summed E-state index contributed by atoms with van der Waals surface area (Å²) in [5.41, 5.74) is 3.75. The van der Waals surface area contributed by atoms with Crippen molar-refractivity contribution >= 4 is 35.1 Å². The van der Waals surface area contributed by atoms with Crippen LogP contribution in [0.1, 0.15) is 47.8 Å². The molecule has 0 saturated heterocycles. The van der Waals surface area contributed by atoms with Crippen molar-refractivity contribution < 1.29 is 19.1 Å². The molecule has 1 aliphatic heterocycles. The lowest BCUT2D eigenvalue weighted by atomic mass is 9.85. The first-order valence-corrected chi connectivity index (χ1v) is 12.4. The zero-order chi connectivity index (χ0) is 26.7. The highest BCUT2D eigenvalue weighted by atomic mass is 35.5. The minimum atomic E-state index is -0.530. The largest absolute Gasteiger partial charge is 0.423 e. The number of nitrogens with zero attached hydrogens (tertiary/aromatic N) is 1. The summed E-state index contributed by atoms with van der Waals surface area (Å²) in [6, 6.07) is 21.8. The van der Waals surface area contributed by atoms with Crippen LogP contribution in [0.3, 0.4) is 0 Å². The van der Waals surface area contributed by atoms with Crippen molar-refractivity contribution in [3.8, 4) is 5.75 Å². The number of hydrogen-bond acceptors (Lipinski definition) is 5. The van der Waals surface area contributed by atoms with E-state index in [0.717, 1.165) is 21.6 Å². The number of aryl methyl sites for hydroxylation is 1. The summed E-state index contributed by atoms with van der Waals surface area (Å²) < 4.78 is 5.72. The Bertz CT molecular complexity index is 1370. The standard InChI is InChI=1S/C30H29ClN2O4/c1-19-10-15-24(23(18-19)30(2,3)4)37-29(36)21-11-13-22(14-12-21)32-26-25(31)27(34)33(28(26)35)17-16-20-8-6-5-7-9-20/h5-15,18,32H,16-17H2,1-4H3. The minimum absolute atomic E-state index is 0.0181. The number of nitrogens with one attached hydrogen (secondary N) is 1. The van der Waals surface area contributed by atoms with Crippen LogP contribution in [0.25, 0.3) is 0 Å². The molecule has 0 atom stereocenters. The summed E-state index contributed by atoms with van der Waals surface area (Å²) in [7, 11) is 0. The van der Waals surface area contributed by atoms with E-state index in [9.17, 15) is 14.4 Å². The molecular formula is C30H29ClN2O4. The van der Waals surface area contributed by atoms with Crippen LogP contribution in [0.15, 0.2) is 83.5 Å². The molecule has 190 valence electrons. The molecule has 7 heteroatoms. The molecule has 0 radical (unpaired) electrons. The summed E-state index contributed by atoms with van der Waals surface area (Å²) in [6.07, 6.45) is 0.532. The minimum Gasteiger partial charge on any atom is -0.423 e. The molecule has 4 rings (SSSR count). The predicted octanol–water partition coefficient (Wildman–Crippen LogP) is 5.99. The van der Waals surface area contributed by atoms with Crippen molar-refractivity contribution in [1.82, 2.24) is 4.90 Å². The maximum Gasteiger partial charge on any atom is 0.343 e. The van der Waals surface area contributed by atoms with Crippen molar-refractivity contribution in [2.75, 3.05) is 11.9 Å². The first kappa shape index (κ1) is 26.2. The molecule has 1 heterocycles. The lowest BCUT2D eigenvalue weighted by Gasteiger charge is -2.22. The average Bonchev–Trinajstić information content (AvgIpc) is 3.07. The van der Waals surface area contributed by atoms with Gasteiger partial charge in [0.1, 0.15) is 16.5 Å². The van der Waals surface area contributed by atoms with Crippen molar-refractivity contribution in [3.05, 3.63) is 106 Å². The lowest BCUT2D eigenvalue weighted by Crippen LogP contribution is -2.34. The van der Waals surface area contributed by atoms with E-state index < -0.39 is 17.8 Å². The molecule has 3 aromatic rings. The highest BCUT2D eigenvalue weighted by Gasteiger charge is 2.37. The van der Waals surface area contributed by atoms with E-state index >= 15 is 0 Å². The number of imide groups is 1. The Hall–Kier alpha value is -3.90. The molecular weight excluding hydrogens is 488 g/mol. The van der Waals surface area contributed by atoms with Crippen LogP contribution in [-0.4, -0.2) is 29.2 Å². The quantitative estimate of drug-likeness (QED) is 0.237. The number of hydrogen-bond donors (Lipinski definition) is 1. The maximum atomic E-state index is 12.9. The van der Waals surface area contributed by atoms with Gasteiger partial charge in [-0.1, -0.05) is 80.4 Å². The van der Waals surface area contributed by atoms with Crippen LogP contribution in [0, 0.1) is 6.92 Å². The van der Waals surface area contributed by atoms with E-state index in [1.807, 2.05) is 55.5 Å². The van der Waals surface area contributed by atoms with Gasteiger partial charge in [-0.05, 0) is 54.7 Å². The second-order valence-corrected chi connectivity index (χ2v) is 10.4. The third-order valence-electron chi connectivity index (χ3n) is 6.11. The fourth-order valence-corrected chi connectivity index (χ4v) is 4.29. The van der Waals surface area contributed by atoms with Crippen molar-refractivity contribution in [3.63, 3.8) is 0 Å². The monoisotopic (exact) mass is 516 g/mol. The molecule has 1 N–H and O–H groups in total. The van der Waals surface area contributed by atoms with Crippen LogP contribution in [-0.2, 0) is 21.4 Å². The van der Waals surface area contributed by atoms with Gasteiger partial charge in [0.05, 0.1) is 5.56 Å². The van der Waals surface area contributed by atoms with Gasteiger partial charge < -0.3 is 10.1 Å². The van der Waals surface area contributed by atoms with Gasteiger partial charge >= 0.3 is 5.97 Å². The lowest BCUT2D eigenvalue weighted by molar-refractivity contribution is -0.137. The van der Waals surface area contributed by atoms with Crippen LogP contribution in [0.5, 0.6) is 5.75 Å². The first-order chi connectivity index (χ1) is 17.5. The second kappa shape index (κ2) is 10.6. The highest BCUT2D eigenvalue weighted by Crippen LogP contribution is 2.33. The normalized spacial score (nSPS) is 13.8. The number of carbonyl (C=O) groups excluding carboxylic acids is 3. The fraction of sp³-hybridized carbons (Fsp3) is 0.233. The third-order valence-corrected chi connectivity index (χ3v) is 6.46. The van der Waals surface area contributed by atoms with E-state index in [2.05, 4.69) is 26.1 Å². The van der Waals surface area contributed by atoms with Crippen LogP contribution >= 0.6 is 11.6 Å². The Morgan fingerprint density at radius 3 is 2.27 bits per heavy atom. The Balaban J connectivity index is 1.43. The number of benzene rings is 3. The SMILES string of the molecule is Cc1ccc(OC(=O)c2ccc(NC3=C(Cl)C(=O)N(CCc4ccccc4)C3=O)cc2)c(C(C)(C)C)c1. The molecule has 0 unspecified atom stereocenters. The second-order valence-electron chi connectivity index (χ2n) is 10.0.